The highest BCUT2D eigenvalue weighted by Crippen LogP contribution is 2.56. The van der Waals surface area contributed by atoms with Gasteiger partial charge in [0.05, 0.1) is 38.7 Å². The molecular formula is C46H56Cl2N8O4. The molecule has 0 unspecified atom stereocenters. The summed E-state index contributed by atoms with van der Waals surface area (Å²) in [5, 5.41) is 16.0. The summed E-state index contributed by atoms with van der Waals surface area (Å²) in [6.07, 6.45) is 14.4. The number of aliphatic carboxylic acids is 1. The van der Waals surface area contributed by atoms with Crippen LogP contribution in [0.25, 0.3) is 11.1 Å². The Bertz CT molecular complexity index is 2300. The van der Waals surface area contributed by atoms with E-state index >= 15 is 0 Å². The molecule has 4 heterocycles. The van der Waals surface area contributed by atoms with E-state index in [0.717, 1.165) is 106 Å². The number of halogens is 2. The minimum absolute atomic E-state index is 0.196. The average Bonchev–Trinajstić information content (AvgIpc) is 4.03. The second-order valence-electron chi connectivity index (χ2n) is 18.3. The fourth-order valence-corrected chi connectivity index (χ4v) is 11.7. The van der Waals surface area contributed by atoms with Crippen molar-refractivity contribution in [3.05, 3.63) is 80.9 Å². The molecule has 2 aromatic heterocycles. The summed E-state index contributed by atoms with van der Waals surface area (Å²) in [5.74, 6) is 0.638. The Morgan fingerprint density at radius 3 is 1.75 bits per heavy atom. The van der Waals surface area contributed by atoms with Crippen molar-refractivity contribution in [2.75, 3.05) is 36.8 Å². The van der Waals surface area contributed by atoms with E-state index in [-0.39, 0.29) is 17.7 Å². The summed E-state index contributed by atoms with van der Waals surface area (Å²) in [6, 6.07) is 10.8. The third-order valence-electron chi connectivity index (χ3n) is 14.8. The maximum absolute atomic E-state index is 13.8. The number of anilines is 2. The van der Waals surface area contributed by atoms with Gasteiger partial charge in [0.25, 0.3) is 11.8 Å². The van der Waals surface area contributed by atoms with Crippen LogP contribution in [0.5, 0.6) is 0 Å². The summed E-state index contributed by atoms with van der Waals surface area (Å²) in [6.45, 7) is 5.32. The Hall–Kier alpha value is -4.23. The van der Waals surface area contributed by atoms with Gasteiger partial charge in [-0.25, -0.2) is 9.97 Å². The highest BCUT2D eigenvalue weighted by molar-refractivity contribution is 6.40. The Morgan fingerprint density at radius 1 is 0.750 bits per heavy atom. The number of carbonyl (C=O) groups excluding carboxylic acids is 2. The molecule has 2 amide bonds. The number of fused-ring (bicyclic) bond motifs is 4. The summed E-state index contributed by atoms with van der Waals surface area (Å²) >= 11 is 14.0. The normalized spacial score (nSPS) is 24.0. The highest BCUT2D eigenvalue weighted by atomic mass is 35.5. The van der Waals surface area contributed by atoms with Crippen LogP contribution < -0.4 is 10.6 Å². The van der Waals surface area contributed by atoms with Crippen molar-refractivity contribution in [1.29, 1.82) is 0 Å². The number of carboxylic acid groups (broad SMARTS) is 1. The zero-order chi connectivity index (χ0) is 41.7. The van der Waals surface area contributed by atoms with Crippen LogP contribution in [0.3, 0.4) is 0 Å². The lowest BCUT2D eigenvalue weighted by Crippen LogP contribution is -2.34. The molecule has 3 saturated carbocycles. The van der Waals surface area contributed by atoms with Crippen LogP contribution in [0.1, 0.15) is 115 Å². The van der Waals surface area contributed by atoms with Gasteiger partial charge in [0.15, 0.2) is 11.6 Å². The van der Waals surface area contributed by atoms with E-state index in [0.29, 0.717) is 62.1 Å². The van der Waals surface area contributed by atoms with Crippen LogP contribution in [0.2, 0.25) is 10.0 Å². The lowest BCUT2D eigenvalue weighted by Gasteiger charge is -2.32. The van der Waals surface area contributed by atoms with Gasteiger partial charge in [-0.15, -0.1) is 0 Å². The molecular weight excluding hydrogens is 799 g/mol. The van der Waals surface area contributed by atoms with E-state index in [4.69, 9.17) is 33.2 Å². The number of benzene rings is 2. The number of amides is 2. The van der Waals surface area contributed by atoms with Crippen LogP contribution >= 0.6 is 23.2 Å². The molecule has 2 aromatic carbocycles. The molecule has 60 heavy (non-hydrogen) atoms. The van der Waals surface area contributed by atoms with Gasteiger partial charge in [0.2, 0.25) is 0 Å². The lowest BCUT2D eigenvalue weighted by atomic mass is 9.80. The molecule has 12 nitrogen and oxygen atoms in total. The molecule has 0 spiro atoms. The third kappa shape index (κ3) is 8.12. The molecule has 14 heteroatoms. The second kappa shape index (κ2) is 16.9. The number of aromatic nitrogens is 4. The first-order chi connectivity index (χ1) is 28.9. The molecule has 0 saturated heterocycles. The van der Waals surface area contributed by atoms with Crippen molar-refractivity contribution in [2.45, 2.75) is 96.6 Å². The molecule has 9 rings (SSSR count). The van der Waals surface area contributed by atoms with Gasteiger partial charge >= 0.3 is 5.97 Å². The van der Waals surface area contributed by atoms with E-state index in [9.17, 15) is 19.5 Å². The fourth-order valence-electron chi connectivity index (χ4n) is 11.1. The van der Waals surface area contributed by atoms with Gasteiger partial charge in [-0.2, -0.15) is 0 Å². The van der Waals surface area contributed by atoms with Crippen LogP contribution in [0, 0.1) is 23.2 Å². The predicted octanol–water partition coefficient (Wildman–Crippen LogP) is 8.60. The minimum atomic E-state index is -0.667. The topological polar surface area (TPSA) is 138 Å². The van der Waals surface area contributed by atoms with Gasteiger partial charge in [-0.05, 0) is 113 Å². The average molecular weight is 856 g/mol. The molecule has 3 N–H and O–H groups in total. The summed E-state index contributed by atoms with van der Waals surface area (Å²) in [7, 11) is 3.80. The minimum Gasteiger partial charge on any atom is -0.481 e. The van der Waals surface area contributed by atoms with Crippen LogP contribution in [-0.2, 0) is 44.8 Å². The number of carbonyl (C=O) groups is 3. The first-order valence-electron chi connectivity index (χ1n) is 21.9. The van der Waals surface area contributed by atoms with Gasteiger partial charge in [-0.3, -0.25) is 24.2 Å². The largest absolute Gasteiger partial charge is 0.481 e. The molecule has 2 bridgehead atoms. The standard InChI is InChI=1S/C46H56Cl2N8O4/c1-53-37-16-22-55(21-15-28-9-11-30(12-10-28)45(59)60)26-35(37)49-41(53)43(57)51-33-7-3-5-31(39(33)47)32-6-4-8-34(40(32)48)52-44(58)42-50-36-27-56(23-17-38(36)54(42)2)24-20-46-18-13-29(25-46)14-19-46/h3-8,28-30H,9-27H2,1-2H3,(H,51,57)(H,52,58)(H,59,60). The first kappa shape index (κ1) is 41.1. The van der Waals surface area contributed by atoms with Gasteiger partial charge in [-0.1, -0.05) is 47.5 Å². The SMILES string of the molecule is Cn1c(C(=O)Nc2cccc(-c3cccc(NC(=O)c4nc5c(n4C)CCN(CCC46CCC(CC4)C6)C5)c3Cl)c2Cl)nc2c1CCN(CCC1CCC(C(=O)O)CC1)C2. The van der Waals surface area contributed by atoms with Gasteiger partial charge in [0.1, 0.15) is 0 Å². The molecule has 318 valence electrons. The smallest absolute Gasteiger partial charge is 0.306 e. The summed E-state index contributed by atoms with van der Waals surface area (Å²) in [5.41, 5.74) is 6.70. The third-order valence-corrected chi connectivity index (χ3v) is 15.6. The molecule has 5 aliphatic rings. The number of nitrogens with one attached hydrogen (secondary N) is 2. The molecule has 3 fully saturated rings. The fraction of sp³-hybridized carbons (Fsp3) is 0.543. The Labute approximate surface area is 362 Å². The predicted molar refractivity (Wildman–Crippen MR) is 234 cm³/mol. The second-order valence-corrected chi connectivity index (χ2v) is 19.1. The van der Waals surface area contributed by atoms with Crippen LogP contribution in [-0.4, -0.2) is 78.0 Å². The van der Waals surface area contributed by atoms with Crippen molar-refractivity contribution < 1.29 is 19.5 Å². The number of nitrogens with zero attached hydrogens (tertiary/aromatic N) is 6. The van der Waals surface area contributed by atoms with E-state index < -0.39 is 5.97 Å². The van der Waals surface area contributed by atoms with Gasteiger partial charge in [0, 0.05) is 75.6 Å². The quantitative estimate of drug-likeness (QED) is 0.129. The number of carboxylic acids is 1. The number of hydrogen-bond donors (Lipinski definition) is 3. The molecule has 2 aliphatic heterocycles. The van der Waals surface area contributed by atoms with Gasteiger partial charge < -0.3 is 24.9 Å². The van der Waals surface area contributed by atoms with Crippen molar-refractivity contribution in [3.63, 3.8) is 0 Å². The Balaban J connectivity index is 0.834. The van der Waals surface area contributed by atoms with E-state index in [1.54, 1.807) is 12.1 Å². The van der Waals surface area contributed by atoms with E-state index in [2.05, 4.69) is 20.4 Å². The summed E-state index contributed by atoms with van der Waals surface area (Å²) in [4.78, 5) is 53.4. The lowest BCUT2D eigenvalue weighted by molar-refractivity contribution is -0.143. The van der Waals surface area contributed by atoms with Crippen molar-refractivity contribution in [2.24, 2.45) is 37.3 Å². The number of rotatable bonds is 12. The number of hydrogen-bond acceptors (Lipinski definition) is 7. The first-order valence-corrected chi connectivity index (χ1v) is 22.7. The Kier molecular flexibility index (Phi) is 11.6. The Morgan fingerprint density at radius 2 is 1.27 bits per heavy atom. The molecule has 0 radical (unpaired) electrons. The summed E-state index contributed by atoms with van der Waals surface area (Å²) < 4.78 is 3.80. The van der Waals surface area contributed by atoms with Crippen molar-refractivity contribution in [3.8, 4) is 11.1 Å². The highest BCUT2D eigenvalue weighted by Gasteiger charge is 2.44. The maximum Gasteiger partial charge on any atom is 0.306 e. The van der Waals surface area contributed by atoms with E-state index in [1.165, 1.54) is 38.5 Å². The molecule has 3 aliphatic carbocycles. The number of imidazole rings is 2. The zero-order valence-corrected chi connectivity index (χ0v) is 36.3. The van der Waals surface area contributed by atoms with Crippen molar-refractivity contribution in [1.82, 2.24) is 28.9 Å². The molecule has 4 aromatic rings. The monoisotopic (exact) mass is 854 g/mol. The van der Waals surface area contributed by atoms with E-state index in [1.807, 2.05) is 47.5 Å². The maximum atomic E-state index is 13.8. The van der Waals surface area contributed by atoms with Crippen molar-refractivity contribution >= 4 is 52.4 Å². The van der Waals surface area contributed by atoms with Crippen LogP contribution in [0.4, 0.5) is 11.4 Å². The van der Waals surface area contributed by atoms with Crippen LogP contribution in [0.15, 0.2) is 36.4 Å². The zero-order valence-electron chi connectivity index (χ0n) is 34.7. The molecule has 0 atom stereocenters.